The molecule has 0 amide bonds. The van der Waals surface area contributed by atoms with Crippen LogP contribution in [0.1, 0.15) is 33.3 Å². The van der Waals surface area contributed by atoms with Gasteiger partial charge >= 0.3 is 0 Å². The SMILES string of the molecule is CCNC(=NCCNC(C)(C)C)N(C)Cc1ccc(F)cc1.I. The van der Waals surface area contributed by atoms with Gasteiger partial charge in [0.2, 0.25) is 0 Å². The van der Waals surface area contributed by atoms with Gasteiger partial charge in [0.05, 0.1) is 6.54 Å². The minimum Gasteiger partial charge on any atom is -0.357 e. The predicted molar refractivity (Wildman–Crippen MR) is 107 cm³/mol. The second kappa shape index (κ2) is 10.8. The molecule has 1 rings (SSSR count). The monoisotopic (exact) mass is 436 g/mol. The number of halogens is 2. The van der Waals surface area contributed by atoms with Crippen LogP contribution in [0.3, 0.4) is 0 Å². The molecule has 0 saturated heterocycles. The summed E-state index contributed by atoms with van der Waals surface area (Å²) in [5, 5.41) is 6.70. The molecule has 23 heavy (non-hydrogen) atoms. The highest BCUT2D eigenvalue weighted by molar-refractivity contribution is 14.0. The summed E-state index contributed by atoms with van der Waals surface area (Å²) in [6, 6.07) is 6.58. The van der Waals surface area contributed by atoms with E-state index in [0.717, 1.165) is 24.6 Å². The summed E-state index contributed by atoms with van der Waals surface area (Å²) in [5.74, 6) is 0.655. The Labute approximate surface area is 157 Å². The van der Waals surface area contributed by atoms with Gasteiger partial charge in [-0.2, -0.15) is 0 Å². The molecule has 0 fully saturated rings. The quantitative estimate of drug-likeness (QED) is 0.311. The molecule has 0 aromatic heterocycles. The summed E-state index contributed by atoms with van der Waals surface area (Å²) < 4.78 is 12.9. The van der Waals surface area contributed by atoms with Gasteiger partial charge in [-0.1, -0.05) is 12.1 Å². The fraction of sp³-hybridized carbons (Fsp3) is 0.588. The van der Waals surface area contributed by atoms with Crippen molar-refractivity contribution in [1.82, 2.24) is 15.5 Å². The van der Waals surface area contributed by atoms with Crippen molar-refractivity contribution in [2.75, 3.05) is 26.7 Å². The molecule has 1 aromatic carbocycles. The fourth-order valence-corrected chi connectivity index (χ4v) is 2.00. The molecule has 1 aromatic rings. The van der Waals surface area contributed by atoms with E-state index < -0.39 is 0 Å². The van der Waals surface area contributed by atoms with E-state index in [9.17, 15) is 4.39 Å². The number of rotatable bonds is 6. The molecule has 0 aliphatic rings. The van der Waals surface area contributed by atoms with Crippen LogP contribution in [-0.2, 0) is 6.54 Å². The molecule has 0 aliphatic carbocycles. The van der Waals surface area contributed by atoms with Crippen molar-refractivity contribution in [2.24, 2.45) is 4.99 Å². The Morgan fingerprint density at radius 1 is 1.22 bits per heavy atom. The average molecular weight is 436 g/mol. The molecule has 2 N–H and O–H groups in total. The lowest BCUT2D eigenvalue weighted by molar-refractivity contribution is 0.430. The maximum atomic E-state index is 12.9. The molecular formula is C17H30FIN4. The van der Waals surface area contributed by atoms with Crippen LogP contribution in [0.4, 0.5) is 4.39 Å². The first-order valence-corrected chi connectivity index (χ1v) is 7.80. The van der Waals surface area contributed by atoms with Gasteiger partial charge in [0, 0.05) is 32.2 Å². The van der Waals surface area contributed by atoms with Gasteiger partial charge in [-0.25, -0.2) is 4.39 Å². The third-order valence-corrected chi connectivity index (χ3v) is 3.06. The maximum absolute atomic E-state index is 12.9. The Kier molecular flexibility index (Phi) is 10.4. The molecule has 6 heteroatoms. The van der Waals surface area contributed by atoms with E-state index in [-0.39, 0.29) is 35.3 Å². The summed E-state index contributed by atoms with van der Waals surface area (Å²) >= 11 is 0. The highest BCUT2D eigenvalue weighted by atomic mass is 127. The first-order chi connectivity index (χ1) is 10.3. The van der Waals surface area contributed by atoms with Crippen LogP contribution in [0, 0.1) is 5.82 Å². The van der Waals surface area contributed by atoms with Gasteiger partial charge in [0.15, 0.2) is 5.96 Å². The normalized spacial score (nSPS) is 11.8. The lowest BCUT2D eigenvalue weighted by atomic mass is 10.1. The summed E-state index contributed by atoms with van der Waals surface area (Å²) in [6.45, 7) is 11.5. The average Bonchev–Trinajstić information content (AvgIpc) is 2.43. The number of guanidine groups is 1. The van der Waals surface area contributed by atoms with Gasteiger partial charge in [-0.05, 0) is 45.4 Å². The van der Waals surface area contributed by atoms with E-state index in [2.05, 4.69) is 43.3 Å². The van der Waals surface area contributed by atoms with Crippen molar-refractivity contribution in [1.29, 1.82) is 0 Å². The van der Waals surface area contributed by atoms with E-state index in [4.69, 9.17) is 0 Å². The van der Waals surface area contributed by atoms with Crippen molar-refractivity contribution in [3.63, 3.8) is 0 Å². The third kappa shape index (κ3) is 9.76. The van der Waals surface area contributed by atoms with Crippen LogP contribution in [-0.4, -0.2) is 43.1 Å². The van der Waals surface area contributed by atoms with Crippen LogP contribution in [0.25, 0.3) is 0 Å². The molecule has 0 spiro atoms. The zero-order chi connectivity index (χ0) is 16.6. The van der Waals surface area contributed by atoms with Gasteiger partial charge in [0.25, 0.3) is 0 Å². The van der Waals surface area contributed by atoms with Crippen molar-refractivity contribution in [3.05, 3.63) is 35.6 Å². The van der Waals surface area contributed by atoms with Crippen LogP contribution in [0.15, 0.2) is 29.3 Å². The Hall–Kier alpha value is -0.890. The Balaban J connectivity index is 0.00000484. The number of hydrogen-bond acceptors (Lipinski definition) is 2. The minimum atomic E-state index is -0.208. The summed E-state index contributed by atoms with van der Waals surface area (Å²) in [5.41, 5.74) is 1.16. The number of hydrogen-bond donors (Lipinski definition) is 2. The lowest BCUT2D eigenvalue weighted by Crippen LogP contribution is -2.40. The highest BCUT2D eigenvalue weighted by Crippen LogP contribution is 2.05. The Morgan fingerprint density at radius 2 is 1.83 bits per heavy atom. The summed E-state index contributed by atoms with van der Waals surface area (Å²) in [4.78, 5) is 6.67. The molecule has 0 bridgehead atoms. The van der Waals surface area contributed by atoms with Crippen molar-refractivity contribution in [2.45, 2.75) is 39.8 Å². The Morgan fingerprint density at radius 3 is 2.35 bits per heavy atom. The predicted octanol–water partition coefficient (Wildman–Crippen LogP) is 3.23. The molecule has 4 nitrogen and oxygen atoms in total. The first-order valence-electron chi connectivity index (χ1n) is 7.80. The first kappa shape index (κ1) is 22.1. The van der Waals surface area contributed by atoms with E-state index >= 15 is 0 Å². The maximum Gasteiger partial charge on any atom is 0.194 e. The van der Waals surface area contributed by atoms with E-state index in [1.54, 1.807) is 12.1 Å². The third-order valence-electron chi connectivity index (χ3n) is 3.06. The van der Waals surface area contributed by atoms with Gasteiger partial charge in [0.1, 0.15) is 5.82 Å². The van der Waals surface area contributed by atoms with Gasteiger partial charge in [-0.15, -0.1) is 24.0 Å². The van der Waals surface area contributed by atoms with E-state index in [1.807, 2.05) is 11.9 Å². The minimum absolute atomic E-state index is 0. The van der Waals surface area contributed by atoms with E-state index in [1.165, 1.54) is 12.1 Å². The van der Waals surface area contributed by atoms with Crippen LogP contribution in [0.2, 0.25) is 0 Å². The topological polar surface area (TPSA) is 39.7 Å². The molecule has 0 heterocycles. The van der Waals surface area contributed by atoms with Crippen molar-refractivity contribution >= 4 is 29.9 Å². The number of nitrogens with one attached hydrogen (secondary N) is 2. The number of benzene rings is 1. The zero-order valence-corrected chi connectivity index (χ0v) is 17.1. The van der Waals surface area contributed by atoms with Crippen LogP contribution in [0.5, 0.6) is 0 Å². The van der Waals surface area contributed by atoms with Gasteiger partial charge in [-0.3, -0.25) is 4.99 Å². The number of aliphatic imine (C=N–C) groups is 1. The summed E-state index contributed by atoms with van der Waals surface area (Å²) in [7, 11) is 1.99. The summed E-state index contributed by atoms with van der Waals surface area (Å²) in [6.07, 6.45) is 0. The van der Waals surface area contributed by atoms with Crippen LogP contribution < -0.4 is 10.6 Å². The highest BCUT2D eigenvalue weighted by Gasteiger charge is 2.09. The molecule has 132 valence electrons. The van der Waals surface area contributed by atoms with Crippen molar-refractivity contribution in [3.8, 4) is 0 Å². The van der Waals surface area contributed by atoms with Crippen molar-refractivity contribution < 1.29 is 4.39 Å². The molecule has 0 aliphatic heterocycles. The number of nitrogens with zero attached hydrogens (tertiary/aromatic N) is 2. The molecule has 0 unspecified atom stereocenters. The second-order valence-corrected chi connectivity index (χ2v) is 6.39. The molecule has 0 saturated carbocycles. The molecular weight excluding hydrogens is 406 g/mol. The fourth-order valence-electron chi connectivity index (χ4n) is 2.00. The second-order valence-electron chi connectivity index (χ2n) is 6.39. The lowest BCUT2D eigenvalue weighted by Gasteiger charge is -2.23. The van der Waals surface area contributed by atoms with Gasteiger partial charge < -0.3 is 15.5 Å². The largest absolute Gasteiger partial charge is 0.357 e. The molecule has 0 atom stereocenters. The van der Waals surface area contributed by atoms with E-state index in [0.29, 0.717) is 13.1 Å². The standard InChI is InChI=1S/C17H29FN4.HI/c1-6-19-16(20-11-12-21-17(2,3)4)22(5)13-14-7-9-15(18)10-8-14;/h7-10,21H,6,11-13H2,1-5H3,(H,19,20);1H. The zero-order valence-electron chi connectivity index (χ0n) is 14.8. The Bertz CT molecular complexity index is 468. The van der Waals surface area contributed by atoms with Crippen LogP contribution >= 0.6 is 24.0 Å². The molecule has 0 radical (unpaired) electrons. The smallest absolute Gasteiger partial charge is 0.194 e.